The fourth-order valence-electron chi connectivity index (χ4n) is 2.91. The van der Waals surface area contributed by atoms with Crippen molar-refractivity contribution in [2.75, 3.05) is 5.32 Å². The van der Waals surface area contributed by atoms with Gasteiger partial charge in [0.2, 0.25) is 5.91 Å². The number of rotatable bonds is 5. The van der Waals surface area contributed by atoms with Gasteiger partial charge in [0.1, 0.15) is 11.7 Å². The average Bonchev–Trinajstić information content (AvgIpc) is 3.40. The Morgan fingerprint density at radius 2 is 1.90 bits per heavy atom. The molecule has 1 unspecified atom stereocenters. The number of thiophene rings is 1. The van der Waals surface area contributed by atoms with Crippen molar-refractivity contribution in [2.45, 2.75) is 19.9 Å². The molecule has 4 rings (SSSR count). The number of hydrogen-bond donors (Lipinski definition) is 1. The largest absolute Gasteiger partial charge is 0.324 e. The molecule has 0 radical (unpaired) electrons. The monoisotopic (exact) mass is 422 g/mol. The van der Waals surface area contributed by atoms with Gasteiger partial charge in [0, 0.05) is 17.0 Å². The van der Waals surface area contributed by atoms with Crippen molar-refractivity contribution in [2.24, 2.45) is 0 Å². The number of nitrogens with one attached hydrogen (secondary N) is 1. The van der Waals surface area contributed by atoms with Gasteiger partial charge in [0.05, 0.1) is 21.3 Å². The van der Waals surface area contributed by atoms with E-state index in [2.05, 4.69) is 15.4 Å². The van der Waals surface area contributed by atoms with Crippen LogP contribution in [0.2, 0.25) is 0 Å². The highest BCUT2D eigenvalue weighted by molar-refractivity contribution is 7.13. The van der Waals surface area contributed by atoms with E-state index in [1.54, 1.807) is 24.3 Å². The molecule has 0 aliphatic carbocycles. The van der Waals surface area contributed by atoms with E-state index in [0.717, 1.165) is 21.1 Å². The molecule has 29 heavy (non-hydrogen) atoms. The lowest BCUT2D eigenvalue weighted by Gasteiger charge is -2.16. The van der Waals surface area contributed by atoms with Crippen LogP contribution in [0.15, 0.2) is 64.1 Å². The summed E-state index contributed by atoms with van der Waals surface area (Å²) in [6, 6.07) is 13.7. The molecule has 0 saturated heterocycles. The van der Waals surface area contributed by atoms with Gasteiger partial charge in [0.25, 0.3) is 5.56 Å². The zero-order chi connectivity index (χ0) is 20.4. The van der Waals surface area contributed by atoms with E-state index < -0.39 is 6.04 Å². The molecule has 0 aliphatic rings. The Morgan fingerprint density at radius 3 is 2.62 bits per heavy atom. The molecule has 8 heteroatoms. The molecule has 3 heterocycles. The molecular formula is C21H18N4O2S2. The number of amides is 1. The Bertz CT molecular complexity index is 1210. The number of nitrogens with zero attached hydrogens (tertiary/aromatic N) is 3. The van der Waals surface area contributed by atoms with E-state index in [1.165, 1.54) is 22.1 Å². The summed E-state index contributed by atoms with van der Waals surface area (Å²) in [5.74, 6) is -0.317. The van der Waals surface area contributed by atoms with Crippen molar-refractivity contribution in [3.05, 3.63) is 74.7 Å². The number of carbonyl (C=O) groups is 1. The van der Waals surface area contributed by atoms with Crippen molar-refractivity contribution in [3.8, 4) is 21.8 Å². The summed E-state index contributed by atoms with van der Waals surface area (Å²) in [5, 5.41) is 12.2. The highest BCUT2D eigenvalue weighted by atomic mass is 32.1. The fourth-order valence-corrected chi connectivity index (χ4v) is 4.21. The normalized spacial score (nSPS) is 11.9. The van der Waals surface area contributed by atoms with Crippen LogP contribution in [0.25, 0.3) is 21.8 Å². The van der Waals surface area contributed by atoms with E-state index in [9.17, 15) is 9.59 Å². The summed E-state index contributed by atoms with van der Waals surface area (Å²) in [6.45, 7) is 3.60. The van der Waals surface area contributed by atoms with Crippen LogP contribution < -0.4 is 10.9 Å². The summed E-state index contributed by atoms with van der Waals surface area (Å²) in [4.78, 5) is 30.7. The third-order valence-corrected chi connectivity index (χ3v) is 6.09. The summed E-state index contributed by atoms with van der Waals surface area (Å²) in [5.41, 5.74) is 2.64. The van der Waals surface area contributed by atoms with Crippen LogP contribution in [-0.4, -0.2) is 20.7 Å². The number of thiazole rings is 1. The lowest BCUT2D eigenvalue weighted by atomic mass is 10.1. The molecule has 0 saturated carbocycles. The van der Waals surface area contributed by atoms with E-state index in [1.807, 2.05) is 54.1 Å². The zero-order valence-electron chi connectivity index (χ0n) is 15.8. The molecule has 3 aromatic heterocycles. The van der Waals surface area contributed by atoms with E-state index in [0.29, 0.717) is 11.4 Å². The molecular weight excluding hydrogens is 404 g/mol. The van der Waals surface area contributed by atoms with Gasteiger partial charge in [-0.2, -0.15) is 5.10 Å². The first-order valence-corrected chi connectivity index (χ1v) is 10.7. The zero-order valence-corrected chi connectivity index (χ0v) is 17.5. The molecule has 0 fully saturated rings. The van der Waals surface area contributed by atoms with E-state index in [4.69, 9.17) is 0 Å². The lowest BCUT2D eigenvalue weighted by molar-refractivity contribution is -0.119. The van der Waals surface area contributed by atoms with Gasteiger partial charge in [0.15, 0.2) is 0 Å². The topological polar surface area (TPSA) is 76.9 Å². The predicted octanol–water partition coefficient (Wildman–Crippen LogP) is 4.60. The maximum Gasteiger partial charge on any atom is 0.267 e. The first-order valence-electron chi connectivity index (χ1n) is 8.99. The molecule has 4 aromatic rings. The van der Waals surface area contributed by atoms with Crippen LogP contribution in [0.4, 0.5) is 5.69 Å². The summed E-state index contributed by atoms with van der Waals surface area (Å²) < 4.78 is 1.22. The molecule has 1 N–H and O–H groups in total. The van der Waals surface area contributed by atoms with Crippen LogP contribution in [-0.2, 0) is 4.79 Å². The number of carbonyl (C=O) groups excluding carboxylic acids is 1. The minimum absolute atomic E-state index is 0.317. The Balaban J connectivity index is 1.62. The van der Waals surface area contributed by atoms with E-state index >= 15 is 0 Å². The Hall–Kier alpha value is -3.10. The number of aryl methyl sites for hydroxylation is 1. The van der Waals surface area contributed by atoms with Crippen molar-refractivity contribution in [1.82, 2.24) is 14.8 Å². The number of benzene rings is 1. The highest BCUT2D eigenvalue weighted by Crippen LogP contribution is 2.29. The minimum Gasteiger partial charge on any atom is -0.324 e. The van der Waals surface area contributed by atoms with Crippen molar-refractivity contribution in [3.63, 3.8) is 0 Å². The first-order chi connectivity index (χ1) is 14.0. The van der Waals surface area contributed by atoms with Gasteiger partial charge < -0.3 is 5.32 Å². The third-order valence-electron chi connectivity index (χ3n) is 4.42. The number of para-hydroxylation sites is 1. The third kappa shape index (κ3) is 4.03. The van der Waals surface area contributed by atoms with Gasteiger partial charge in [-0.3, -0.25) is 9.59 Å². The predicted molar refractivity (Wildman–Crippen MR) is 117 cm³/mol. The Labute approximate surface area is 175 Å². The van der Waals surface area contributed by atoms with Gasteiger partial charge in [-0.05, 0) is 37.4 Å². The summed E-state index contributed by atoms with van der Waals surface area (Å²) in [6.07, 6.45) is 0. The van der Waals surface area contributed by atoms with Crippen molar-refractivity contribution in [1.29, 1.82) is 0 Å². The quantitative estimate of drug-likeness (QED) is 0.510. The van der Waals surface area contributed by atoms with E-state index in [-0.39, 0.29) is 11.5 Å². The van der Waals surface area contributed by atoms with Gasteiger partial charge in [-0.15, -0.1) is 22.7 Å². The number of hydrogen-bond acceptors (Lipinski definition) is 6. The van der Waals surface area contributed by atoms with Crippen molar-refractivity contribution >= 4 is 34.3 Å². The number of aromatic nitrogens is 3. The summed E-state index contributed by atoms with van der Waals surface area (Å²) in [7, 11) is 0. The molecule has 0 bridgehead atoms. The highest BCUT2D eigenvalue weighted by Gasteiger charge is 2.20. The van der Waals surface area contributed by atoms with Crippen LogP contribution >= 0.6 is 22.7 Å². The van der Waals surface area contributed by atoms with Gasteiger partial charge in [-0.25, -0.2) is 9.67 Å². The van der Waals surface area contributed by atoms with Crippen molar-refractivity contribution < 1.29 is 4.79 Å². The minimum atomic E-state index is -0.771. The van der Waals surface area contributed by atoms with Crippen LogP contribution in [0, 0.1) is 6.92 Å². The van der Waals surface area contributed by atoms with Gasteiger partial charge in [-0.1, -0.05) is 24.3 Å². The molecule has 0 aliphatic heterocycles. The fraction of sp³-hybridized carbons (Fsp3) is 0.143. The summed E-state index contributed by atoms with van der Waals surface area (Å²) >= 11 is 3.08. The molecule has 146 valence electrons. The van der Waals surface area contributed by atoms with Crippen LogP contribution in [0.3, 0.4) is 0 Å². The second-order valence-electron chi connectivity index (χ2n) is 6.44. The SMILES string of the molecule is Cc1nc(-c2ccccc2NC(=O)C(C)n2nc(-c3cccs3)ccc2=O)cs1. The van der Waals surface area contributed by atoms with Crippen LogP contribution in [0.5, 0.6) is 0 Å². The second-order valence-corrected chi connectivity index (χ2v) is 8.45. The maximum absolute atomic E-state index is 12.9. The van der Waals surface area contributed by atoms with Gasteiger partial charge >= 0.3 is 0 Å². The smallest absolute Gasteiger partial charge is 0.267 e. The average molecular weight is 423 g/mol. The molecule has 1 aromatic carbocycles. The molecule has 6 nitrogen and oxygen atoms in total. The Kier molecular flexibility index (Phi) is 5.37. The molecule has 0 spiro atoms. The van der Waals surface area contributed by atoms with Crippen LogP contribution in [0.1, 0.15) is 18.0 Å². The standard InChI is InChI=1S/C21H18N4O2S2/c1-13(25-20(26)10-9-17(24-25)19-8-5-11-28-19)21(27)23-16-7-4-3-6-15(16)18-12-29-14(2)22-18/h3-13H,1-2H3,(H,23,27). The lowest BCUT2D eigenvalue weighted by Crippen LogP contribution is -2.33. The molecule has 1 atom stereocenters. The number of anilines is 1. The molecule has 1 amide bonds. The maximum atomic E-state index is 12.9. The second kappa shape index (κ2) is 8.10. The Morgan fingerprint density at radius 1 is 1.07 bits per heavy atom. The first kappa shape index (κ1) is 19.2.